The van der Waals surface area contributed by atoms with E-state index in [1.165, 1.54) is 4.57 Å². The first kappa shape index (κ1) is 11.5. The molecule has 80 valence electrons. The van der Waals surface area contributed by atoms with Crippen LogP contribution in [0.1, 0.15) is 25.6 Å². The van der Waals surface area contributed by atoms with Gasteiger partial charge in [-0.2, -0.15) is 0 Å². The molecule has 0 spiro atoms. The maximum atomic E-state index is 11.0. The van der Waals surface area contributed by atoms with Gasteiger partial charge in [-0.05, 0) is 6.42 Å². The van der Waals surface area contributed by atoms with Crippen LogP contribution in [0.15, 0.2) is 5.16 Å². The van der Waals surface area contributed by atoms with Gasteiger partial charge in [0.15, 0.2) is 0 Å². The second-order valence-corrected chi connectivity index (χ2v) is 5.46. The quantitative estimate of drug-likeness (QED) is 0.736. The van der Waals surface area contributed by atoms with E-state index in [2.05, 4.69) is 17.1 Å². The van der Waals surface area contributed by atoms with E-state index in [9.17, 15) is 8.42 Å². The molecule has 0 aliphatic heterocycles. The lowest BCUT2D eigenvalue weighted by Gasteiger charge is -1.99. The van der Waals surface area contributed by atoms with Crippen molar-refractivity contribution in [3.05, 3.63) is 5.82 Å². The molecule has 1 aromatic heterocycles. The fraction of sp³-hybridized carbons (Fsp3) is 0.714. The van der Waals surface area contributed by atoms with Crippen molar-refractivity contribution in [3.8, 4) is 0 Å². The van der Waals surface area contributed by atoms with Crippen molar-refractivity contribution < 1.29 is 8.42 Å². The SMILES string of the molecule is CCCCc1nnc(S(=O)(=O)Cl)n1C. The fourth-order valence-corrected chi connectivity index (χ4v) is 2.08. The smallest absolute Gasteiger partial charge is 0.296 e. The maximum absolute atomic E-state index is 11.0. The zero-order valence-corrected chi connectivity index (χ0v) is 9.64. The molecule has 0 saturated heterocycles. The predicted octanol–water partition coefficient (Wildman–Crippen LogP) is 1.09. The lowest BCUT2D eigenvalue weighted by molar-refractivity contribution is 0.589. The molecule has 0 fully saturated rings. The predicted molar refractivity (Wildman–Crippen MR) is 52.7 cm³/mol. The Labute approximate surface area is 87.5 Å². The minimum Gasteiger partial charge on any atom is -0.304 e. The molecule has 14 heavy (non-hydrogen) atoms. The van der Waals surface area contributed by atoms with E-state index in [-0.39, 0.29) is 5.16 Å². The molecular formula is C7H12ClN3O2S. The first-order chi connectivity index (χ1) is 6.46. The zero-order valence-electron chi connectivity index (χ0n) is 8.07. The number of hydrogen-bond donors (Lipinski definition) is 0. The molecule has 1 aromatic rings. The van der Waals surface area contributed by atoms with Crippen molar-refractivity contribution >= 4 is 19.7 Å². The van der Waals surface area contributed by atoms with Gasteiger partial charge in [0.2, 0.25) is 0 Å². The standard InChI is InChI=1S/C7H12ClN3O2S/c1-3-4-5-6-9-10-7(11(6)2)14(8,12)13/h3-5H2,1-2H3. The third kappa shape index (κ3) is 2.45. The topological polar surface area (TPSA) is 64.8 Å². The fourth-order valence-electron chi connectivity index (χ4n) is 1.11. The minimum absolute atomic E-state index is 0.190. The van der Waals surface area contributed by atoms with Crippen molar-refractivity contribution in [1.29, 1.82) is 0 Å². The van der Waals surface area contributed by atoms with Gasteiger partial charge in [0.25, 0.3) is 14.2 Å². The summed E-state index contributed by atoms with van der Waals surface area (Å²) in [6, 6.07) is 0. The molecule has 0 aliphatic rings. The summed E-state index contributed by atoms with van der Waals surface area (Å²) in [6.07, 6.45) is 2.69. The highest BCUT2D eigenvalue weighted by Crippen LogP contribution is 2.13. The highest BCUT2D eigenvalue weighted by molar-refractivity contribution is 8.13. The van der Waals surface area contributed by atoms with E-state index < -0.39 is 9.05 Å². The van der Waals surface area contributed by atoms with Gasteiger partial charge >= 0.3 is 0 Å². The largest absolute Gasteiger partial charge is 0.304 e. The highest BCUT2D eigenvalue weighted by atomic mass is 35.7. The Morgan fingerprint density at radius 2 is 2.07 bits per heavy atom. The van der Waals surface area contributed by atoms with Gasteiger partial charge in [0.1, 0.15) is 5.82 Å². The number of hydrogen-bond acceptors (Lipinski definition) is 4. The Morgan fingerprint density at radius 3 is 2.50 bits per heavy atom. The number of halogens is 1. The Balaban J connectivity index is 2.97. The molecule has 0 aliphatic carbocycles. The van der Waals surface area contributed by atoms with Crippen molar-refractivity contribution in [2.75, 3.05) is 0 Å². The Kier molecular flexibility index (Phi) is 3.49. The van der Waals surface area contributed by atoms with Gasteiger partial charge in [0.05, 0.1) is 0 Å². The number of nitrogens with zero attached hydrogens (tertiary/aromatic N) is 3. The van der Waals surface area contributed by atoms with Crippen molar-refractivity contribution in [1.82, 2.24) is 14.8 Å². The number of rotatable bonds is 4. The summed E-state index contributed by atoms with van der Waals surface area (Å²) in [6.45, 7) is 2.05. The molecule has 0 atom stereocenters. The lowest BCUT2D eigenvalue weighted by Crippen LogP contribution is -2.04. The van der Waals surface area contributed by atoms with Crippen LogP contribution in [0, 0.1) is 0 Å². The van der Waals surface area contributed by atoms with Crippen LogP contribution in [0.25, 0.3) is 0 Å². The van der Waals surface area contributed by atoms with E-state index >= 15 is 0 Å². The van der Waals surface area contributed by atoms with Gasteiger partial charge in [-0.3, -0.25) is 0 Å². The van der Waals surface area contributed by atoms with Crippen LogP contribution in [0.5, 0.6) is 0 Å². The van der Waals surface area contributed by atoms with Crippen LogP contribution in [-0.4, -0.2) is 23.2 Å². The van der Waals surface area contributed by atoms with E-state index in [1.807, 2.05) is 0 Å². The lowest BCUT2D eigenvalue weighted by atomic mass is 10.2. The summed E-state index contributed by atoms with van der Waals surface area (Å²) >= 11 is 0. The first-order valence-electron chi connectivity index (χ1n) is 4.29. The monoisotopic (exact) mass is 237 g/mol. The first-order valence-corrected chi connectivity index (χ1v) is 6.60. The van der Waals surface area contributed by atoms with Crippen LogP contribution in [0.4, 0.5) is 0 Å². The summed E-state index contributed by atoms with van der Waals surface area (Å²) in [4.78, 5) is 0. The molecule has 0 radical (unpaired) electrons. The Bertz CT molecular complexity index is 413. The van der Waals surface area contributed by atoms with E-state index in [4.69, 9.17) is 10.7 Å². The van der Waals surface area contributed by atoms with Crippen LogP contribution in [-0.2, 0) is 22.5 Å². The Hall–Kier alpha value is -0.620. The average molecular weight is 238 g/mol. The van der Waals surface area contributed by atoms with Crippen molar-refractivity contribution in [3.63, 3.8) is 0 Å². The van der Waals surface area contributed by atoms with Gasteiger partial charge in [-0.1, -0.05) is 13.3 Å². The summed E-state index contributed by atoms with van der Waals surface area (Å²) in [5.74, 6) is 0.645. The zero-order chi connectivity index (χ0) is 10.8. The third-order valence-electron chi connectivity index (χ3n) is 1.90. The number of unbranched alkanes of at least 4 members (excludes halogenated alkanes) is 1. The second kappa shape index (κ2) is 4.27. The number of aryl methyl sites for hydroxylation is 1. The minimum atomic E-state index is -3.78. The third-order valence-corrected chi connectivity index (χ3v) is 3.10. The van der Waals surface area contributed by atoms with Crippen LogP contribution >= 0.6 is 10.7 Å². The molecule has 1 heterocycles. The normalized spacial score (nSPS) is 11.9. The molecule has 7 heteroatoms. The molecule has 0 bridgehead atoms. The van der Waals surface area contributed by atoms with Crippen LogP contribution < -0.4 is 0 Å². The molecule has 0 N–H and O–H groups in total. The summed E-state index contributed by atoms with van der Waals surface area (Å²) in [7, 11) is 2.98. The molecule has 0 unspecified atom stereocenters. The van der Waals surface area contributed by atoms with Crippen molar-refractivity contribution in [2.24, 2.45) is 7.05 Å². The number of aromatic nitrogens is 3. The van der Waals surface area contributed by atoms with Gasteiger partial charge < -0.3 is 4.57 Å². The molecular weight excluding hydrogens is 226 g/mol. The van der Waals surface area contributed by atoms with Crippen LogP contribution in [0.2, 0.25) is 0 Å². The summed E-state index contributed by atoms with van der Waals surface area (Å²) in [5, 5.41) is 7.11. The Morgan fingerprint density at radius 1 is 1.43 bits per heavy atom. The van der Waals surface area contributed by atoms with Crippen molar-refractivity contribution in [2.45, 2.75) is 31.3 Å². The van der Waals surface area contributed by atoms with E-state index in [0.717, 1.165) is 12.8 Å². The molecule has 0 aromatic carbocycles. The highest BCUT2D eigenvalue weighted by Gasteiger charge is 2.19. The molecule has 5 nitrogen and oxygen atoms in total. The van der Waals surface area contributed by atoms with E-state index in [0.29, 0.717) is 12.2 Å². The second-order valence-electron chi connectivity index (χ2n) is 3.00. The van der Waals surface area contributed by atoms with Gasteiger partial charge in [-0.25, -0.2) is 8.42 Å². The molecule has 0 amide bonds. The molecule has 0 saturated carbocycles. The van der Waals surface area contributed by atoms with Gasteiger partial charge in [-0.15, -0.1) is 10.2 Å². The van der Waals surface area contributed by atoms with Crippen LogP contribution in [0.3, 0.4) is 0 Å². The van der Waals surface area contributed by atoms with Gasteiger partial charge in [0, 0.05) is 24.2 Å². The molecule has 1 rings (SSSR count). The maximum Gasteiger partial charge on any atom is 0.296 e. The summed E-state index contributed by atoms with van der Waals surface area (Å²) < 4.78 is 23.4. The van der Waals surface area contributed by atoms with E-state index in [1.54, 1.807) is 7.05 Å². The average Bonchev–Trinajstić information content (AvgIpc) is 2.42. The summed E-state index contributed by atoms with van der Waals surface area (Å²) in [5.41, 5.74) is 0.